The summed E-state index contributed by atoms with van der Waals surface area (Å²) in [5.74, 6) is 0. The van der Waals surface area contributed by atoms with Crippen LogP contribution in [0.4, 0.5) is 0 Å². The highest BCUT2D eigenvalue weighted by atomic mass is 127. The maximum Gasteiger partial charge on any atom is 0.0714 e. The van der Waals surface area contributed by atoms with E-state index in [1.807, 2.05) is 0 Å². The van der Waals surface area contributed by atoms with Crippen LogP contribution in [0, 0.1) is 16.1 Å². The van der Waals surface area contributed by atoms with Crippen molar-refractivity contribution < 1.29 is 0 Å². The molecule has 0 heterocycles. The first-order chi connectivity index (χ1) is 14.8. The lowest BCUT2D eigenvalue weighted by atomic mass is 9.67. The molecule has 0 aliphatic heterocycles. The zero-order valence-electron chi connectivity index (χ0n) is 17.3. The quantitative estimate of drug-likeness (QED) is 0.182. The fraction of sp³-hybridized carbons (Fsp3) is 0.143. The predicted molar refractivity (Wildman–Crippen MR) is 156 cm³/mol. The zero-order valence-corrected chi connectivity index (χ0v) is 23.8. The van der Waals surface area contributed by atoms with Gasteiger partial charge in [0.05, 0.1) is 5.41 Å². The van der Waals surface area contributed by atoms with E-state index in [2.05, 4.69) is 173 Å². The molecule has 0 bridgehead atoms. The highest BCUT2D eigenvalue weighted by Gasteiger charge is 2.47. The van der Waals surface area contributed by atoms with Gasteiger partial charge in [0, 0.05) is 16.1 Å². The van der Waals surface area contributed by atoms with Gasteiger partial charge >= 0.3 is 0 Å². The first-order valence-electron chi connectivity index (χ1n) is 10.3. The van der Waals surface area contributed by atoms with Crippen molar-refractivity contribution in [3.63, 3.8) is 0 Å². The molecule has 31 heavy (non-hydrogen) atoms. The van der Waals surface area contributed by atoms with Crippen LogP contribution in [-0.4, -0.2) is 0 Å². The van der Waals surface area contributed by atoms with E-state index in [9.17, 15) is 0 Å². The summed E-state index contributed by atoms with van der Waals surface area (Å²) in [7, 11) is 0. The van der Waals surface area contributed by atoms with Gasteiger partial charge in [-0.3, -0.25) is 0 Å². The van der Waals surface area contributed by atoms with Crippen LogP contribution in [0.3, 0.4) is 0 Å². The Morgan fingerprint density at radius 1 is 0.710 bits per heavy atom. The van der Waals surface area contributed by atoms with E-state index in [4.69, 9.17) is 0 Å². The van der Waals surface area contributed by atoms with Crippen LogP contribution in [-0.2, 0) is 5.41 Å². The maximum absolute atomic E-state index is 2.49. The molecule has 2 aliphatic carbocycles. The van der Waals surface area contributed by atoms with Crippen LogP contribution in [0.2, 0.25) is 0 Å². The van der Waals surface area contributed by atoms with Crippen molar-refractivity contribution in [1.29, 1.82) is 0 Å². The van der Waals surface area contributed by atoms with Crippen LogP contribution in [0.25, 0.3) is 11.1 Å². The molecule has 2 aliphatic rings. The van der Waals surface area contributed by atoms with E-state index >= 15 is 0 Å². The summed E-state index contributed by atoms with van der Waals surface area (Å²) in [5, 5.41) is 0. The molecular formula is C28H21I3. The fourth-order valence-corrected chi connectivity index (χ4v) is 6.94. The molecule has 0 saturated carbocycles. The molecule has 0 saturated heterocycles. The van der Waals surface area contributed by atoms with Crippen molar-refractivity contribution in [1.82, 2.24) is 0 Å². The monoisotopic (exact) mass is 738 g/mol. The molecular weight excluding hydrogens is 717 g/mol. The molecule has 3 aromatic rings. The predicted octanol–water partition coefficient (Wildman–Crippen LogP) is 8.89. The van der Waals surface area contributed by atoms with Crippen LogP contribution < -0.4 is 0 Å². The Balaban J connectivity index is 1.93. The van der Waals surface area contributed by atoms with E-state index in [0.29, 0.717) is 0 Å². The van der Waals surface area contributed by atoms with E-state index in [1.165, 1.54) is 44.1 Å². The molecule has 0 atom stereocenters. The summed E-state index contributed by atoms with van der Waals surface area (Å²) in [6.45, 7) is 4.52. The lowest BCUT2D eigenvalue weighted by Crippen LogP contribution is -2.29. The Morgan fingerprint density at radius 2 is 1.26 bits per heavy atom. The normalized spacial score (nSPS) is 17.6. The number of fused-ring (bicyclic) bond motifs is 3. The third-order valence-electron chi connectivity index (χ3n) is 6.30. The minimum Gasteiger partial charge on any atom is -0.0751 e. The smallest absolute Gasteiger partial charge is 0.0714 e. The Kier molecular flexibility index (Phi) is 5.74. The van der Waals surface area contributed by atoms with E-state index in [1.54, 1.807) is 0 Å². The molecule has 0 N–H and O–H groups in total. The Hall–Kier alpha value is -0.930. The van der Waals surface area contributed by atoms with Gasteiger partial charge in [0.2, 0.25) is 0 Å². The number of rotatable bonds is 2. The van der Waals surface area contributed by atoms with E-state index in [0.717, 1.165) is 0 Å². The summed E-state index contributed by atoms with van der Waals surface area (Å²) >= 11 is 7.44. The second kappa shape index (κ2) is 8.13. The highest BCUT2D eigenvalue weighted by Crippen LogP contribution is 2.57. The van der Waals surface area contributed by atoms with Crippen molar-refractivity contribution in [3.05, 3.63) is 124 Å². The lowest BCUT2D eigenvalue weighted by molar-refractivity contribution is 0.625. The molecule has 5 rings (SSSR count). The summed E-state index contributed by atoms with van der Waals surface area (Å²) in [6, 6.07) is 22.7. The molecule has 0 spiro atoms. The number of hydrogen-bond acceptors (Lipinski definition) is 0. The van der Waals surface area contributed by atoms with Gasteiger partial charge in [-0.15, -0.1) is 0 Å². The van der Waals surface area contributed by atoms with E-state index < -0.39 is 0 Å². The van der Waals surface area contributed by atoms with Gasteiger partial charge in [-0.05, 0) is 113 Å². The van der Waals surface area contributed by atoms with Crippen molar-refractivity contribution in [2.24, 2.45) is 5.41 Å². The van der Waals surface area contributed by atoms with Gasteiger partial charge in [0.25, 0.3) is 0 Å². The third-order valence-corrected chi connectivity index (χ3v) is 11.2. The Bertz CT molecular complexity index is 1220. The van der Waals surface area contributed by atoms with Crippen molar-refractivity contribution in [2.75, 3.05) is 0 Å². The van der Waals surface area contributed by atoms with Gasteiger partial charge < -0.3 is 0 Å². The Labute approximate surface area is 225 Å². The molecule has 0 radical (unpaired) electrons. The van der Waals surface area contributed by atoms with Crippen LogP contribution in [0.1, 0.15) is 30.5 Å². The standard InChI is InChI=1S/C28H21I3/c1-27(2)14-7-8-18(13-15-27)28(19-16-24(29)26(31)25(30)17-19)22-11-5-3-9-20(22)21-10-4-6-12-23(21)28/h3-17H,1-2H3. The second-order valence-corrected chi connectivity index (χ2v) is 12.1. The first kappa shape index (κ1) is 21.9. The zero-order chi connectivity index (χ0) is 21.8. The van der Waals surface area contributed by atoms with Gasteiger partial charge in [-0.1, -0.05) is 92.8 Å². The molecule has 3 aromatic carbocycles. The Morgan fingerprint density at radius 3 is 1.84 bits per heavy atom. The molecule has 154 valence electrons. The van der Waals surface area contributed by atoms with E-state index in [-0.39, 0.29) is 10.8 Å². The van der Waals surface area contributed by atoms with Crippen molar-refractivity contribution >= 4 is 67.8 Å². The topological polar surface area (TPSA) is 0 Å². The average Bonchev–Trinajstić information content (AvgIpc) is 2.93. The summed E-state index contributed by atoms with van der Waals surface area (Å²) < 4.78 is 3.93. The summed E-state index contributed by atoms with van der Waals surface area (Å²) in [5.41, 5.74) is 7.76. The third kappa shape index (κ3) is 3.50. The van der Waals surface area contributed by atoms with Gasteiger partial charge in [0.15, 0.2) is 0 Å². The van der Waals surface area contributed by atoms with Crippen LogP contribution in [0.5, 0.6) is 0 Å². The number of allylic oxidation sites excluding steroid dienone is 6. The number of hydrogen-bond donors (Lipinski definition) is 0. The van der Waals surface area contributed by atoms with Crippen molar-refractivity contribution in [3.8, 4) is 11.1 Å². The fourth-order valence-electron chi connectivity index (χ4n) is 4.86. The first-order valence-corrected chi connectivity index (χ1v) is 13.5. The van der Waals surface area contributed by atoms with Crippen LogP contribution >= 0.6 is 67.8 Å². The largest absolute Gasteiger partial charge is 0.0751 e. The SMILES string of the molecule is CC1(C)C=CC=C(C2(c3cc(I)c(I)c(I)c3)c3ccccc3-c3ccccc32)C=C1. The molecule has 0 aromatic heterocycles. The molecule has 0 fully saturated rings. The van der Waals surface area contributed by atoms with Gasteiger partial charge in [-0.2, -0.15) is 0 Å². The van der Waals surface area contributed by atoms with Crippen LogP contribution in [0.15, 0.2) is 96.6 Å². The highest BCUT2D eigenvalue weighted by molar-refractivity contribution is 14.1. The second-order valence-electron chi connectivity index (χ2n) is 8.73. The molecule has 0 nitrogen and oxygen atoms in total. The number of halogens is 3. The summed E-state index contributed by atoms with van der Waals surface area (Å²) in [4.78, 5) is 0. The average molecular weight is 738 g/mol. The van der Waals surface area contributed by atoms with Gasteiger partial charge in [0.1, 0.15) is 0 Å². The molecule has 3 heteroatoms. The lowest BCUT2D eigenvalue weighted by Gasteiger charge is -2.35. The molecule has 0 amide bonds. The van der Waals surface area contributed by atoms with Gasteiger partial charge in [-0.25, -0.2) is 0 Å². The minimum atomic E-state index is -0.335. The summed E-state index contributed by atoms with van der Waals surface area (Å²) in [6.07, 6.45) is 11.6. The molecule has 0 unspecified atom stereocenters. The minimum absolute atomic E-state index is 0.0337. The number of benzene rings is 3. The maximum atomic E-state index is 2.49. The van der Waals surface area contributed by atoms with Crippen molar-refractivity contribution in [2.45, 2.75) is 19.3 Å².